The molecule has 154 valence electrons. The molecule has 1 amide bonds. The lowest BCUT2D eigenvalue weighted by Crippen LogP contribution is -2.22. The Labute approximate surface area is 181 Å². The van der Waals surface area contributed by atoms with Crippen molar-refractivity contribution < 1.29 is 4.79 Å². The van der Waals surface area contributed by atoms with Crippen LogP contribution in [0.4, 0.5) is 0 Å². The predicted octanol–water partition coefficient (Wildman–Crippen LogP) is 5.62. The van der Waals surface area contributed by atoms with Crippen LogP contribution in [0.25, 0.3) is 10.9 Å². The Balaban J connectivity index is 1.35. The molecule has 3 atom stereocenters. The van der Waals surface area contributed by atoms with E-state index in [1.807, 2.05) is 36.4 Å². The summed E-state index contributed by atoms with van der Waals surface area (Å²) in [7, 11) is 0. The van der Waals surface area contributed by atoms with Gasteiger partial charge in [-0.1, -0.05) is 67.8 Å². The largest absolute Gasteiger partial charge is 0.342 e. The van der Waals surface area contributed by atoms with E-state index in [2.05, 4.69) is 40.3 Å². The quantitative estimate of drug-likeness (QED) is 0.423. The Morgan fingerprint density at radius 3 is 2.83 bits per heavy atom. The normalized spacial score (nSPS) is 25.4. The highest BCUT2D eigenvalue weighted by molar-refractivity contribution is 6.31. The molecular weight excluding hydrogens is 394 g/mol. The lowest BCUT2D eigenvalue weighted by Gasteiger charge is -2.15. The molecule has 1 N–H and O–H groups in total. The fourth-order valence-corrected chi connectivity index (χ4v) is 5.60. The molecular formula is C25H26ClN3O. The third-order valence-corrected chi connectivity index (χ3v) is 7.48. The highest BCUT2D eigenvalue weighted by atomic mass is 35.5. The van der Waals surface area contributed by atoms with E-state index in [1.165, 1.54) is 19.3 Å². The Kier molecular flexibility index (Phi) is 4.90. The van der Waals surface area contributed by atoms with E-state index in [-0.39, 0.29) is 17.2 Å². The maximum Gasteiger partial charge on any atom is 0.244 e. The van der Waals surface area contributed by atoms with Crippen molar-refractivity contribution in [2.75, 3.05) is 0 Å². The number of carbonyl (C=O) groups is 1. The van der Waals surface area contributed by atoms with Crippen molar-refractivity contribution in [1.29, 1.82) is 0 Å². The second-order valence-electron chi connectivity index (χ2n) is 8.89. The molecule has 4 nitrogen and oxygen atoms in total. The maximum absolute atomic E-state index is 12.7. The number of benzene rings is 2. The minimum Gasteiger partial charge on any atom is -0.342 e. The van der Waals surface area contributed by atoms with Gasteiger partial charge >= 0.3 is 0 Å². The van der Waals surface area contributed by atoms with Crippen LogP contribution in [0.5, 0.6) is 0 Å². The fraction of sp³-hybridized carbons (Fsp3) is 0.360. The Morgan fingerprint density at radius 1 is 1.23 bits per heavy atom. The molecule has 0 saturated heterocycles. The summed E-state index contributed by atoms with van der Waals surface area (Å²) in [5.74, 6) is 0.734. The first kappa shape index (κ1) is 19.4. The molecule has 2 aliphatic carbocycles. The smallest absolute Gasteiger partial charge is 0.244 e. The molecule has 1 aromatic heterocycles. The zero-order valence-corrected chi connectivity index (χ0v) is 17.9. The Hall–Kier alpha value is -2.59. The van der Waals surface area contributed by atoms with E-state index in [0.717, 1.165) is 33.5 Å². The van der Waals surface area contributed by atoms with Gasteiger partial charge in [0.25, 0.3) is 0 Å². The summed E-state index contributed by atoms with van der Waals surface area (Å²) in [5, 5.41) is 6.18. The molecule has 5 rings (SSSR count). The SMILES string of the molecule is C[C@]12CCCC[C@H]1[C@H]2C(=O)N/N=C\c1cn(Cc2ccccc2Cl)c2ccccc12. The van der Waals surface area contributed by atoms with Gasteiger partial charge in [0.2, 0.25) is 5.91 Å². The van der Waals surface area contributed by atoms with Crippen molar-refractivity contribution >= 4 is 34.6 Å². The molecule has 0 spiro atoms. The summed E-state index contributed by atoms with van der Waals surface area (Å²) in [6, 6.07) is 16.1. The number of halogens is 1. The zero-order chi connectivity index (χ0) is 20.7. The average Bonchev–Trinajstić information content (AvgIpc) is 3.25. The van der Waals surface area contributed by atoms with Gasteiger partial charge in [-0.3, -0.25) is 4.79 Å². The number of para-hydroxylation sites is 1. The van der Waals surface area contributed by atoms with Gasteiger partial charge in [-0.15, -0.1) is 0 Å². The lowest BCUT2D eigenvalue weighted by atomic mass is 9.90. The molecule has 3 aromatic rings. The van der Waals surface area contributed by atoms with Gasteiger partial charge < -0.3 is 4.57 Å². The van der Waals surface area contributed by atoms with Crippen LogP contribution in [0.3, 0.4) is 0 Å². The van der Waals surface area contributed by atoms with E-state index >= 15 is 0 Å². The van der Waals surface area contributed by atoms with Crippen LogP contribution >= 0.6 is 11.6 Å². The van der Waals surface area contributed by atoms with Gasteiger partial charge in [-0.05, 0) is 41.9 Å². The van der Waals surface area contributed by atoms with Crippen LogP contribution in [-0.2, 0) is 11.3 Å². The summed E-state index contributed by atoms with van der Waals surface area (Å²) in [5.41, 5.74) is 6.18. The van der Waals surface area contributed by atoms with Crippen molar-refractivity contribution in [2.24, 2.45) is 22.4 Å². The molecule has 0 radical (unpaired) electrons. The first-order valence-corrected chi connectivity index (χ1v) is 11.1. The molecule has 0 aliphatic heterocycles. The molecule has 30 heavy (non-hydrogen) atoms. The van der Waals surface area contributed by atoms with Crippen molar-refractivity contribution in [2.45, 2.75) is 39.2 Å². The first-order chi connectivity index (χ1) is 14.6. The molecule has 1 heterocycles. The third kappa shape index (κ3) is 3.33. The van der Waals surface area contributed by atoms with Crippen LogP contribution < -0.4 is 5.43 Å². The molecule has 5 heteroatoms. The van der Waals surface area contributed by atoms with Crippen molar-refractivity contribution in [3.63, 3.8) is 0 Å². The second-order valence-corrected chi connectivity index (χ2v) is 9.30. The average molecular weight is 420 g/mol. The molecule has 0 bridgehead atoms. The number of amides is 1. The highest BCUT2D eigenvalue weighted by Crippen LogP contribution is 2.66. The van der Waals surface area contributed by atoms with Crippen molar-refractivity contribution in [3.8, 4) is 0 Å². The van der Waals surface area contributed by atoms with Crippen LogP contribution in [0.15, 0.2) is 59.8 Å². The van der Waals surface area contributed by atoms with Gasteiger partial charge in [0.15, 0.2) is 0 Å². The minimum absolute atomic E-state index is 0.0699. The van der Waals surface area contributed by atoms with E-state index in [0.29, 0.717) is 12.5 Å². The Morgan fingerprint density at radius 2 is 2.03 bits per heavy atom. The lowest BCUT2D eigenvalue weighted by molar-refractivity contribution is -0.123. The summed E-state index contributed by atoms with van der Waals surface area (Å²) < 4.78 is 2.18. The number of carbonyl (C=O) groups excluding carboxylic acids is 1. The zero-order valence-electron chi connectivity index (χ0n) is 17.1. The van der Waals surface area contributed by atoms with E-state index < -0.39 is 0 Å². The molecule has 2 saturated carbocycles. The van der Waals surface area contributed by atoms with E-state index in [1.54, 1.807) is 6.21 Å². The van der Waals surface area contributed by atoms with Gasteiger partial charge in [0, 0.05) is 40.1 Å². The Bertz CT molecular complexity index is 1130. The molecule has 2 fully saturated rings. The molecule has 0 unspecified atom stereocenters. The van der Waals surface area contributed by atoms with Crippen LogP contribution in [0, 0.1) is 17.3 Å². The highest BCUT2D eigenvalue weighted by Gasteiger charge is 2.64. The monoisotopic (exact) mass is 419 g/mol. The molecule has 2 aromatic carbocycles. The predicted molar refractivity (Wildman–Crippen MR) is 122 cm³/mol. The third-order valence-electron chi connectivity index (χ3n) is 7.11. The number of hydrogen-bond donors (Lipinski definition) is 1. The number of fused-ring (bicyclic) bond motifs is 2. The van der Waals surface area contributed by atoms with Gasteiger partial charge in [0.05, 0.1) is 6.21 Å². The van der Waals surface area contributed by atoms with E-state index in [9.17, 15) is 4.79 Å². The number of hydrazone groups is 1. The molecule has 2 aliphatic rings. The number of nitrogens with zero attached hydrogens (tertiary/aromatic N) is 2. The van der Waals surface area contributed by atoms with Gasteiger partial charge in [0.1, 0.15) is 0 Å². The van der Waals surface area contributed by atoms with Gasteiger partial charge in [-0.2, -0.15) is 5.10 Å². The topological polar surface area (TPSA) is 46.4 Å². The first-order valence-electron chi connectivity index (χ1n) is 10.7. The van der Waals surface area contributed by atoms with Crippen molar-refractivity contribution in [1.82, 2.24) is 9.99 Å². The summed E-state index contributed by atoms with van der Waals surface area (Å²) in [6.07, 6.45) is 8.66. The minimum atomic E-state index is 0.0699. The number of hydrogen-bond acceptors (Lipinski definition) is 2. The summed E-state index contributed by atoms with van der Waals surface area (Å²) in [6.45, 7) is 2.94. The standard InChI is InChI=1S/C25H26ClN3O/c1-25-13-7-6-10-20(25)23(25)24(30)28-27-14-18-16-29(22-12-5-3-9-19(18)22)15-17-8-2-4-11-21(17)26/h2-5,8-9,11-12,14,16,20,23H,6-7,10,13,15H2,1H3,(H,28,30)/b27-14-/t20-,23-,25-/m0/s1. The number of nitrogens with one attached hydrogen (secondary N) is 1. The van der Waals surface area contributed by atoms with Gasteiger partial charge in [-0.25, -0.2) is 5.43 Å². The fourth-order valence-electron chi connectivity index (χ4n) is 5.40. The summed E-state index contributed by atoms with van der Waals surface area (Å²) >= 11 is 6.36. The number of rotatable bonds is 5. The number of aromatic nitrogens is 1. The summed E-state index contributed by atoms with van der Waals surface area (Å²) in [4.78, 5) is 12.7. The second kappa shape index (κ2) is 7.59. The van der Waals surface area contributed by atoms with Crippen LogP contribution in [-0.4, -0.2) is 16.7 Å². The maximum atomic E-state index is 12.7. The van der Waals surface area contributed by atoms with E-state index in [4.69, 9.17) is 11.6 Å². The van der Waals surface area contributed by atoms with Crippen molar-refractivity contribution in [3.05, 3.63) is 70.9 Å². The van der Waals surface area contributed by atoms with Crippen LogP contribution in [0.1, 0.15) is 43.7 Å². The van der Waals surface area contributed by atoms with Crippen LogP contribution in [0.2, 0.25) is 5.02 Å².